The average molecular weight is 149 g/mol. The number of rotatable bonds is 1. The monoisotopic (exact) mass is 148 g/mol. The highest BCUT2D eigenvalue weighted by atomic mass is 35.5. The molecular weight excluding hydrogens is 140 g/mol. The van der Waals surface area contributed by atoms with Gasteiger partial charge in [-0.2, -0.15) is 0 Å². The van der Waals surface area contributed by atoms with Gasteiger partial charge in [0.1, 0.15) is 6.10 Å². The predicted octanol–water partition coefficient (Wildman–Crippen LogP) is 1.32. The summed E-state index contributed by atoms with van der Waals surface area (Å²) in [5.41, 5.74) is 0. The van der Waals surface area contributed by atoms with Crippen LogP contribution in [0, 0.1) is 0 Å². The molecule has 1 rings (SSSR count). The van der Waals surface area contributed by atoms with Gasteiger partial charge >= 0.3 is 5.97 Å². The van der Waals surface area contributed by atoms with E-state index in [1.54, 1.807) is 0 Å². The Labute approximate surface area is 59.1 Å². The van der Waals surface area contributed by atoms with Gasteiger partial charge in [-0.1, -0.05) is 0 Å². The molecule has 2 nitrogen and oxygen atoms in total. The van der Waals surface area contributed by atoms with Crippen molar-refractivity contribution in [2.24, 2.45) is 0 Å². The lowest BCUT2D eigenvalue weighted by Crippen LogP contribution is -2.36. The summed E-state index contributed by atoms with van der Waals surface area (Å²) in [4.78, 5) is 10.3. The van der Waals surface area contributed by atoms with E-state index in [4.69, 9.17) is 16.3 Å². The third-order valence-corrected chi connectivity index (χ3v) is 1.95. The average Bonchev–Trinajstić information content (AvgIpc) is 1.79. The molecule has 0 aromatic rings. The highest BCUT2D eigenvalue weighted by molar-refractivity contribution is 6.21. The predicted molar refractivity (Wildman–Crippen MR) is 34.4 cm³/mol. The van der Waals surface area contributed by atoms with Crippen LogP contribution in [0.25, 0.3) is 0 Å². The Hall–Kier alpha value is -0.240. The Bertz CT molecular complexity index is 124. The van der Waals surface area contributed by atoms with Gasteiger partial charge in [-0.15, -0.1) is 11.6 Å². The summed E-state index contributed by atoms with van der Waals surface area (Å²) in [6.45, 7) is 1.40. The Balaban J connectivity index is 2.21. The van der Waals surface area contributed by atoms with Gasteiger partial charge in [0.15, 0.2) is 0 Å². The molecule has 0 aliphatic heterocycles. The van der Waals surface area contributed by atoms with E-state index in [2.05, 4.69) is 0 Å². The SMILES string of the molecule is CC(=O)O[C@@H]1CC[C@H]1Cl. The fourth-order valence-corrected chi connectivity index (χ4v) is 1.08. The minimum atomic E-state index is -0.231. The van der Waals surface area contributed by atoms with Gasteiger partial charge in [0.25, 0.3) is 0 Å². The van der Waals surface area contributed by atoms with Crippen molar-refractivity contribution in [3.8, 4) is 0 Å². The van der Waals surface area contributed by atoms with Gasteiger partial charge in [-0.25, -0.2) is 0 Å². The molecule has 0 saturated heterocycles. The van der Waals surface area contributed by atoms with Gasteiger partial charge in [0.05, 0.1) is 5.38 Å². The van der Waals surface area contributed by atoms with Gasteiger partial charge in [0, 0.05) is 6.92 Å². The van der Waals surface area contributed by atoms with Crippen molar-refractivity contribution >= 4 is 17.6 Å². The molecule has 3 heteroatoms. The Morgan fingerprint density at radius 3 is 2.44 bits per heavy atom. The standard InChI is InChI=1S/C6H9ClO2/c1-4(8)9-6-3-2-5(6)7/h5-6H,2-3H2,1H3/t5-,6-/m1/s1. The van der Waals surface area contributed by atoms with Crippen LogP contribution < -0.4 is 0 Å². The van der Waals surface area contributed by atoms with Crippen LogP contribution in [-0.2, 0) is 9.53 Å². The summed E-state index contributed by atoms with van der Waals surface area (Å²) in [5, 5.41) is 0.0638. The highest BCUT2D eigenvalue weighted by Gasteiger charge is 2.31. The zero-order valence-corrected chi connectivity index (χ0v) is 6.02. The van der Waals surface area contributed by atoms with Crippen molar-refractivity contribution in [3.63, 3.8) is 0 Å². The molecular formula is C6H9ClO2. The molecule has 0 N–H and O–H groups in total. The van der Waals surface area contributed by atoms with Crippen molar-refractivity contribution < 1.29 is 9.53 Å². The number of ether oxygens (including phenoxy) is 1. The maximum atomic E-state index is 10.3. The largest absolute Gasteiger partial charge is 0.461 e. The van der Waals surface area contributed by atoms with Crippen LogP contribution in [0.5, 0.6) is 0 Å². The molecule has 1 fully saturated rings. The van der Waals surface area contributed by atoms with Crippen LogP contribution in [0.3, 0.4) is 0 Å². The highest BCUT2D eigenvalue weighted by Crippen LogP contribution is 2.28. The number of halogens is 1. The Morgan fingerprint density at radius 2 is 2.33 bits per heavy atom. The van der Waals surface area contributed by atoms with Crippen LogP contribution in [0.15, 0.2) is 0 Å². The molecule has 0 bridgehead atoms. The minimum absolute atomic E-state index is 0.0100. The third-order valence-electron chi connectivity index (χ3n) is 1.45. The first kappa shape index (κ1) is 6.87. The van der Waals surface area contributed by atoms with E-state index >= 15 is 0 Å². The fourth-order valence-electron chi connectivity index (χ4n) is 0.775. The molecule has 9 heavy (non-hydrogen) atoms. The molecule has 1 aliphatic carbocycles. The van der Waals surface area contributed by atoms with Gasteiger partial charge in [0.2, 0.25) is 0 Å². The molecule has 0 radical (unpaired) electrons. The summed E-state index contributed by atoms with van der Waals surface area (Å²) in [6, 6.07) is 0. The van der Waals surface area contributed by atoms with E-state index in [0.29, 0.717) is 0 Å². The van der Waals surface area contributed by atoms with E-state index in [0.717, 1.165) is 12.8 Å². The van der Waals surface area contributed by atoms with Gasteiger partial charge in [-0.05, 0) is 12.8 Å². The summed E-state index contributed by atoms with van der Waals surface area (Å²) in [6.07, 6.45) is 1.89. The number of hydrogen-bond acceptors (Lipinski definition) is 2. The molecule has 52 valence electrons. The molecule has 0 unspecified atom stereocenters. The van der Waals surface area contributed by atoms with Crippen LogP contribution >= 0.6 is 11.6 Å². The topological polar surface area (TPSA) is 26.3 Å². The van der Waals surface area contributed by atoms with Crippen molar-refractivity contribution in [1.82, 2.24) is 0 Å². The molecule has 1 aliphatic rings. The smallest absolute Gasteiger partial charge is 0.302 e. The molecule has 1 saturated carbocycles. The normalized spacial score (nSPS) is 33.1. The van der Waals surface area contributed by atoms with Crippen LogP contribution in [-0.4, -0.2) is 17.5 Å². The lowest BCUT2D eigenvalue weighted by molar-refractivity contribution is -0.149. The zero-order valence-electron chi connectivity index (χ0n) is 5.26. The molecule has 0 heterocycles. The molecule has 2 atom stereocenters. The first-order chi connectivity index (χ1) is 4.20. The fraction of sp³-hybridized carbons (Fsp3) is 0.833. The summed E-state index contributed by atoms with van der Waals surface area (Å²) in [5.74, 6) is -0.231. The van der Waals surface area contributed by atoms with Crippen LogP contribution in [0.4, 0.5) is 0 Å². The quantitative estimate of drug-likeness (QED) is 0.414. The number of alkyl halides is 1. The number of carbonyl (C=O) groups is 1. The zero-order chi connectivity index (χ0) is 6.85. The van der Waals surface area contributed by atoms with Crippen LogP contribution in [0.2, 0.25) is 0 Å². The lowest BCUT2D eigenvalue weighted by atomic mass is 9.95. The van der Waals surface area contributed by atoms with E-state index in [1.807, 2.05) is 0 Å². The van der Waals surface area contributed by atoms with Gasteiger partial charge < -0.3 is 4.74 Å². The van der Waals surface area contributed by atoms with Crippen molar-refractivity contribution in [2.75, 3.05) is 0 Å². The summed E-state index contributed by atoms with van der Waals surface area (Å²) >= 11 is 5.68. The molecule has 0 amide bonds. The number of carbonyl (C=O) groups excluding carboxylic acids is 1. The Kier molecular flexibility index (Phi) is 1.96. The van der Waals surface area contributed by atoms with Crippen molar-refractivity contribution in [2.45, 2.75) is 31.2 Å². The Morgan fingerprint density at radius 1 is 1.67 bits per heavy atom. The first-order valence-corrected chi connectivity index (χ1v) is 3.45. The second kappa shape index (κ2) is 2.56. The van der Waals surface area contributed by atoms with E-state index in [-0.39, 0.29) is 17.5 Å². The van der Waals surface area contributed by atoms with Gasteiger partial charge in [-0.3, -0.25) is 4.79 Å². The van der Waals surface area contributed by atoms with E-state index in [9.17, 15) is 4.79 Å². The minimum Gasteiger partial charge on any atom is -0.461 e. The first-order valence-electron chi connectivity index (χ1n) is 3.01. The second-order valence-electron chi connectivity index (χ2n) is 2.24. The van der Waals surface area contributed by atoms with Crippen molar-refractivity contribution in [1.29, 1.82) is 0 Å². The number of hydrogen-bond donors (Lipinski definition) is 0. The van der Waals surface area contributed by atoms with E-state index < -0.39 is 0 Å². The second-order valence-corrected chi connectivity index (χ2v) is 2.80. The third kappa shape index (κ3) is 1.58. The summed E-state index contributed by atoms with van der Waals surface area (Å²) in [7, 11) is 0. The molecule has 0 spiro atoms. The van der Waals surface area contributed by atoms with Crippen LogP contribution in [0.1, 0.15) is 19.8 Å². The summed E-state index contributed by atoms with van der Waals surface area (Å²) < 4.78 is 4.83. The van der Waals surface area contributed by atoms with Crippen molar-refractivity contribution in [3.05, 3.63) is 0 Å². The molecule has 0 aromatic carbocycles. The maximum Gasteiger partial charge on any atom is 0.302 e. The van der Waals surface area contributed by atoms with E-state index in [1.165, 1.54) is 6.92 Å². The molecule has 0 aromatic heterocycles. The maximum absolute atomic E-state index is 10.3. The number of esters is 1. The lowest BCUT2D eigenvalue weighted by Gasteiger charge is -2.30.